The molecule has 5 heteroatoms. The molecule has 1 aromatic carbocycles. The van der Waals surface area contributed by atoms with Gasteiger partial charge in [-0.05, 0) is 25.0 Å². The van der Waals surface area contributed by atoms with Crippen molar-refractivity contribution in [2.24, 2.45) is 11.7 Å². The van der Waals surface area contributed by atoms with Gasteiger partial charge in [0, 0.05) is 24.2 Å². The SMILES string of the molecule is CCCCN(Cc1ccccc1Cl)C(=O)C(C)C(C)N.Cl. The van der Waals surface area contributed by atoms with E-state index in [0.717, 1.165) is 24.9 Å². The van der Waals surface area contributed by atoms with Gasteiger partial charge in [-0.1, -0.05) is 50.1 Å². The highest BCUT2D eigenvalue weighted by Gasteiger charge is 2.23. The molecule has 0 saturated heterocycles. The molecule has 0 aromatic heterocycles. The predicted molar refractivity (Wildman–Crippen MR) is 91.8 cm³/mol. The van der Waals surface area contributed by atoms with E-state index >= 15 is 0 Å². The van der Waals surface area contributed by atoms with E-state index < -0.39 is 0 Å². The molecule has 120 valence electrons. The molecule has 0 aliphatic carbocycles. The minimum Gasteiger partial charge on any atom is -0.338 e. The van der Waals surface area contributed by atoms with Gasteiger partial charge in [0.1, 0.15) is 0 Å². The highest BCUT2D eigenvalue weighted by Crippen LogP contribution is 2.19. The van der Waals surface area contributed by atoms with Crippen molar-refractivity contribution in [2.45, 2.75) is 46.2 Å². The number of halogens is 2. The number of hydrogen-bond acceptors (Lipinski definition) is 2. The van der Waals surface area contributed by atoms with E-state index in [-0.39, 0.29) is 30.3 Å². The Bertz CT molecular complexity index is 438. The summed E-state index contributed by atoms with van der Waals surface area (Å²) in [5, 5.41) is 0.704. The zero-order chi connectivity index (χ0) is 15.1. The third-order valence-electron chi connectivity index (χ3n) is 3.59. The third kappa shape index (κ3) is 6.25. The minimum atomic E-state index is -0.172. The Hall–Kier alpha value is -0.770. The van der Waals surface area contributed by atoms with E-state index in [1.54, 1.807) is 0 Å². The number of carbonyl (C=O) groups is 1. The molecule has 2 atom stereocenters. The zero-order valence-electron chi connectivity index (χ0n) is 13.0. The summed E-state index contributed by atoms with van der Waals surface area (Å²) < 4.78 is 0. The lowest BCUT2D eigenvalue weighted by Crippen LogP contribution is -2.41. The van der Waals surface area contributed by atoms with Crippen LogP contribution in [0.4, 0.5) is 0 Å². The summed E-state index contributed by atoms with van der Waals surface area (Å²) in [6.07, 6.45) is 2.04. The first-order valence-corrected chi connectivity index (χ1v) is 7.63. The predicted octanol–water partition coefficient (Wildman–Crippen LogP) is 3.87. The van der Waals surface area contributed by atoms with Crippen molar-refractivity contribution in [2.75, 3.05) is 6.54 Å². The van der Waals surface area contributed by atoms with E-state index in [1.165, 1.54) is 0 Å². The summed E-state index contributed by atoms with van der Waals surface area (Å²) in [4.78, 5) is 14.4. The van der Waals surface area contributed by atoms with E-state index in [1.807, 2.05) is 43.0 Å². The van der Waals surface area contributed by atoms with Crippen LogP contribution in [0.3, 0.4) is 0 Å². The molecule has 1 rings (SSSR count). The molecule has 0 heterocycles. The molecule has 3 nitrogen and oxygen atoms in total. The first kappa shape index (κ1) is 20.2. The Morgan fingerprint density at radius 2 is 1.95 bits per heavy atom. The summed E-state index contributed by atoms with van der Waals surface area (Å²) in [7, 11) is 0. The Labute approximate surface area is 139 Å². The molecule has 21 heavy (non-hydrogen) atoms. The number of nitrogens with zero attached hydrogens (tertiary/aromatic N) is 1. The lowest BCUT2D eigenvalue weighted by atomic mass is 10.0. The second-order valence-electron chi connectivity index (χ2n) is 5.35. The molecule has 0 fully saturated rings. The molecule has 0 spiro atoms. The van der Waals surface area contributed by atoms with Gasteiger partial charge in [0.15, 0.2) is 0 Å². The van der Waals surface area contributed by atoms with Crippen LogP contribution in [-0.2, 0) is 11.3 Å². The summed E-state index contributed by atoms with van der Waals surface area (Å²) in [6.45, 7) is 7.18. The van der Waals surface area contributed by atoms with Gasteiger partial charge in [-0.2, -0.15) is 0 Å². The van der Waals surface area contributed by atoms with Crippen molar-refractivity contribution in [3.63, 3.8) is 0 Å². The topological polar surface area (TPSA) is 46.3 Å². The van der Waals surface area contributed by atoms with Crippen LogP contribution in [0.25, 0.3) is 0 Å². The molecule has 2 N–H and O–H groups in total. The first-order chi connectivity index (χ1) is 9.47. The van der Waals surface area contributed by atoms with Crippen LogP contribution in [0.15, 0.2) is 24.3 Å². The molecule has 1 aromatic rings. The van der Waals surface area contributed by atoms with Gasteiger partial charge in [0.2, 0.25) is 5.91 Å². The van der Waals surface area contributed by atoms with Crippen molar-refractivity contribution < 1.29 is 4.79 Å². The normalized spacial score (nSPS) is 13.2. The number of nitrogens with two attached hydrogens (primary N) is 1. The van der Waals surface area contributed by atoms with Crippen LogP contribution < -0.4 is 5.73 Å². The van der Waals surface area contributed by atoms with E-state index in [2.05, 4.69) is 6.92 Å². The fraction of sp³-hybridized carbons (Fsp3) is 0.562. The van der Waals surface area contributed by atoms with Gasteiger partial charge in [-0.25, -0.2) is 0 Å². The van der Waals surface area contributed by atoms with Gasteiger partial charge in [0.25, 0.3) is 0 Å². The lowest BCUT2D eigenvalue weighted by Gasteiger charge is -2.27. The standard InChI is InChI=1S/C16H25ClN2O.ClH/c1-4-5-10-19(16(20)12(2)13(3)18)11-14-8-6-7-9-15(14)17;/h6-9,12-13H,4-5,10-11,18H2,1-3H3;1H. The molecular formula is C16H26Cl2N2O. The number of amides is 1. The number of carbonyl (C=O) groups excluding carboxylic acids is 1. The van der Waals surface area contributed by atoms with Gasteiger partial charge >= 0.3 is 0 Å². The molecule has 0 aliphatic rings. The lowest BCUT2D eigenvalue weighted by molar-refractivity contribution is -0.136. The molecular weight excluding hydrogens is 307 g/mol. The van der Waals surface area contributed by atoms with Gasteiger partial charge in [-0.3, -0.25) is 4.79 Å². The summed E-state index contributed by atoms with van der Waals surface area (Å²) in [6, 6.07) is 7.52. The molecule has 0 saturated carbocycles. The number of unbranched alkanes of at least 4 members (excludes halogenated alkanes) is 1. The van der Waals surface area contributed by atoms with Crippen LogP contribution in [0.1, 0.15) is 39.2 Å². The molecule has 0 radical (unpaired) electrons. The largest absolute Gasteiger partial charge is 0.338 e. The Kier molecular flexibility index (Phi) is 9.67. The molecule has 0 aliphatic heterocycles. The van der Waals surface area contributed by atoms with E-state index in [0.29, 0.717) is 11.6 Å². The zero-order valence-corrected chi connectivity index (χ0v) is 14.6. The molecule has 0 bridgehead atoms. The maximum absolute atomic E-state index is 12.5. The number of rotatable bonds is 7. The van der Waals surface area contributed by atoms with E-state index in [4.69, 9.17) is 17.3 Å². The average Bonchev–Trinajstić information content (AvgIpc) is 2.43. The maximum Gasteiger partial charge on any atom is 0.227 e. The summed E-state index contributed by atoms with van der Waals surface area (Å²) in [5.74, 6) is -0.0669. The van der Waals surface area contributed by atoms with Crippen LogP contribution in [0.5, 0.6) is 0 Å². The smallest absolute Gasteiger partial charge is 0.227 e. The first-order valence-electron chi connectivity index (χ1n) is 7.25. The second kappa shape index (κ2) is 10.0. The Balaban J connectivity index is 0.00000400. The maximum atomic E-state index is 12.5. The van der Waals surface area contributed by atoms with Crippen LogP contribution in [0, 0.1) is 5.92 Å². The minimum absolute atomic E-state index is 0. The van der Waals surface area contributed by atoms with Gasteiger partial charge in [0.05, 0.1) is 5.92 Å². The Morgan fingerprint density at radius 3 is 2.48 bits per heavy atom. The highest BCUT2D eigenvalue weighted by molar-refractivity contribution is 6.31. The van der Waals surface area contributed by atoms with Gasteiger partial charge in [-0.15, -0.1) is 12.4 Å². The number of benzene rings is 1. The fourth-order valence-corrected chi connectivity index (χ4v) is 2.16. The fourth-order valence-electron chi connectivity index (χ4n) is 1.96. The third-order valence-corrected chi connectivity index (χ3v) is 3.96. The molecule has 2 unspecified atom stereocenters. The van der Waals surface area contributed by atoms with Gasteiger partial charge < -0.3 is 10.6 Å². The van der Waals surface area contributed by atoms with Crippen molar-refractivity contribution in [3.05, 3.63) is 34.9 Å². The second-order valence-corrected chi connectivity index (χ2v) is 5.76. The average molecular weight is 333 g/mol. The van der Waals surface area contributed by atoms with E-state index in [9.17, 15) is 4.79 Å². The monoisotopic (exact) mass is 332 g/mol. The number of hydrogen-bond donors (Lipinski definition) is 1. The van der Waals surface area contributed by atoms with Crippen LogP contribution >= 0.6 is 24.0 Å². The van der Waals surface area contributed by atoms with Crippen LogP contribution in [0.2, 0.25) is 5.02 Å². The summed E-state index contributed by atoms with van der Waals surface area (Å²) in [5.41, 5.74) is 6.83. The molecule has 1 amide bonds. The Morgan fingerprint density at radius 1 is 1.33 bits per heavy atom. The highest BCUT2D eigenvalue weighted by atomic mass is 35.5. The van der Waals surface area contributed by atoms with Crippen molar-refractivity contribution in [1.29, 1.82) is 0 Å². The van der Waals surface area contributed by atoms with Crippen molar-refractivity contribution in [3.8, 4) is 0 Å². The van der Waals surface area contributed by atoms with Crippen molar-refractivity contribution >= 4 is 29.9 Å². The quantitative estimate of drug-likeness (QED) is 0.823. The van der Waals surface area contributed by atoms with Crippen LogP contribution in [-0.4, -0.2) is 23.4 Å². The summed E-state index contributed by atoms with van der Waals surface area (Å²) >= 11 is 6.19. The van der Waals surface area contributed by atoms with Crippen molar-refractivity contribution in [1.82, 2.24) is 4.90 Å².